The molecule has 1 fully saturated rings. The molecule has 2 rings (SSSR count). The lowest BCUT2D eigenvalue weighted by Crippen LogP contribution is -2.34. The highest BCUT2D eigenvalue weighted by Gasteiger charge is 2.15. The number of piperidine rings is 1. The Morgan fingerprint density at radius 1 is 1.47 bits per heavy atom. The Morgan fingerprint density at radius 2 is 2.27 bits per heavy atom. The third-order valence-corrected chi connectivity index (χ3v) is 3.15. The zero-order chi connectivity index (χ0) is 10.5. The molecule has 84 valence electrons. The first-order chi connectivity index (χ1) is 7.34. The lowest BCUT2D eigenvalue weighted by atomic mass is 9.97. The van der Waals surface area contributed by atoms with Crippen LogP contribution in [0.2, 0.25) is 0 Å². The number of rotatable bonds is 4. The summed E-state index contributed by atoms with van der Waals surface area (Å²) in [6.07, 6.45) is 4.37. The van der Waals surface area contributed by atoms with Gasteiger partial charge in [-0.05, 0) is 57.6 Å². The first-order valence-corrected chi connectivity index (χ1v) is 5.76. The van der Waals surface area contributed by atoms with E-state index < -0.39 is 0 Å². The second-order valence-electron chi connectivity index (χ2n) is 4.46. The molecule has 1 aliphatic heterocycles. The Bertz CT molecular complexity index is 263. The van der Waals surface area contributed by atoms with E-state index in [0.29, 0.717) is 0 Å². The van der Waals surface area contributed by atoms with E-state index in [1.165, 1.54) is 25.9 Å². The molecule has 1 aliphatic rings. The van der Waals surface area contributed by atoms with Gasteiger partial charge in [-0.15, -0.1) is 0 Å². The molecule has 0 amide bonds. The molecule has 3 nitrogen and oxygen atoms in total. The maximum atomic E-state index is 5.27. The van der Waals surface area contributed by atoms with Crippen molar-refractivity contribution in [3.8, 4) is 0 Å². The molecule has 1 N–H and O–H groups in total. The normalized spacial score (nSPS) is 19.5. The zero-order valence-electron chi connectivity index (χ0n) is 9.41. The van der Waals surface area contributed by atoms with Crippen molar-refractivity contribution in [3.63, 3.8) is 0 Å². The Kier molecular flexibility index (Phi) is 3.80. The van der Waals surface area contributed by atoms with Crippen LogP contribution in [-0.4, -0.2) is 31.6 Å². The molecule has 0 unspecified atom stereocenters. The summed E-state index contributed by atoms with van der Waals surface area (Å²) < 4.78 is 5.27. The lowest BCUT2D eigenvalue weighted by Gasteiger charge is -2.28. The number of hydrogen-bond acceptors (Lipinski definition) is 3. The topological polar surface area (TPSA) is 28.4 Å². The van der Waals surface area contributed by atoms with Gasteiger partial charge in [0, 0.05) is 0 Å². The maximum absolute atomic E-state index is 5.27. The molecular weight excluding hydrogens is 188 g/mol. The molecule has 0 aliphatic carbocycles. The van der Waals surface area contributed by atoms with Gasteiger partial charge < -0.3 is 14.6 Å². The molecule has 0 atom stereocenters. The van der Waals surface area contributed by atoms with Crippen molar-refractivity contribution in [2.45, 2.75) is 19.4 Å². The minimum atomic E-state index is 0.844. The van der Waals surface area contributed by atoms with E-state index in [0.717, 1.165) is 24.8 Å². The van der Waals surface area contributed by atoms with Crippen LogP contribution < -0.4 is 5.32 Å². The monoisotopic (exact) mass is 208 g/mol. The smallest absolute Gasteiger partial charge is 0.117 e. The van der Waals surface area contributed by atoms with Crippen molar-refractivity contribution >= 4 is 0 Å². The largest absolute Gasteiger partial charge is 0.468 e. The van der Waals surface area contributed by atoms with Crippen LogP contribution in [0.3, 0.4) is 0 Å². The predicted octanol–water partition coefficient (Wildman–Crippen LogP) is 1.71. The van der Waals surface area contributed by atoms with Crippen LogP contribution in [-0.2, 0) is 6.54 Å². The number of furan rings is 1. The van der Waals surface area contributed by atoms with Crippen LogP contribution in [0.4, 0.5) is 0 Å². The van der Waals surface area contributed by atoms with Gasteiger partial charge in [-0.1, -0.05) is 0 Å². The number of hydrogen-bond donors (Lipinski definition) is 1. The Labute approximate surface area is 91.4 Å². The SMILES string of the molecule is CN1CCC(CNCc2ccco2)CC1. The van der Waals surface area contributed by atoms with Gasteiger partial charge in [-0.2, -0.15) is 0 Å². The molecule has 3 heteroatoms. The Morgan fingerprint density at radius 3 is 2.93 bits per heavy atom. The van der Waals surface area contributed by atoms with Crippen LogP contribution in [0.5, 0.6) is 0 Å². The van der Waals surface area contributed by atoms with Crippen molar-refractivity contribution in [1.82, 2.24) is 10.2 Å². The van der Waals surface area contributed by atoms with E-state index in [2.05, 4.69) is 17.3 Å². The molecule has 1 saturated heterocycles. The Hall–Kier alpha value is -0.800. The molecule has 0 aromatic carbocycles. The Balaban J connectivity index is 1.62. The molecule has 0 saturated carbocycles. The fraction of sp³-hybridized carbons (Fsp3) is 0.667. The van der Waals surface area contributed by atoms with Crippen molar-refractivity contribution in [2.24, 2.45) is 5.92 Å². The van der Waals surface area contributed by atoms with E-state index in [1.807, 2.05) is 12.1 Å². The van der Waals surface area contributed by atoms with E-state index in [1.54, 1.807) is 6.26 Å². The summed E-state index contributed by atoms with van der Waals surface area (Å²) in [4.78, 5) is 2.41. The van der Waals surface area contributed by atoms with Crippen LogP contribution in [0.1, 0.15) is 18.6 Å². The van der Waals surface area contributed by atoms with Gasteiger partial charge in [-0.25, -0.2) is 0 Å². The van der Waals surface area contributed by atoms with Gasteiger partial charge in [-0.3, -0.25) is 0 Å². The highest BCUT2D eigenvalue weighted by atomic mass is 16.3. The van der Waals surface area contributed by atoms with Gasteiger partial charge >= 0.3 is 0 Å². The van der Waals surface area contributed by atoms with Crippen molar-refractivity contribution in [3.05, 3.63) is 24.2 Å². The minimum absolute atomic E-state index is 0.844. The summed E-state index contributed by atoms with van der Waals surface area (Å²) in [5, 5.41) is 3.46. The standard InChI is InChI=1S/C12H20N2O/c1-14-6-4-11(5-7-14)9-13-10-12-3-2-8-15-12/h2-3,8,11,13H,4-7,9-10H2,1H3. The van der Waals surface area contributed by atoms with Crippen LogP contribution in [0.25, 0.3) is 0 Å². The van der Waals surface area contributed by atoms with E-state index in [-0.39, 0.29) is 0 Å². The number of likely N-dealkylation sites (tertiary alicyclic amines) is 1. The fourth-order valence-corrected chi connectivity index (χ4v) is 2.08. The summed E-state index contributed by atoms with van der Waals surface area (Å²) in [6.45, 7) is 4.47. The second kappa shape index (κ2) is 5.33. The molecule has 15 heavy (non-hydrogen) atoms. The fourth-order valence-electron chi connectivity index (χ4n) is 2.08. The molecule has 1 aromatic rings. The highest BCUT2D eigenvalue weighted by molar-refractivity contribution is 4.97. The summed E-state index contributed by atoms with van der Waals surface area (Å²) >= 11 is 0. The molecule has 2 heterocycles. The quantitative estimate of drug-likeness (QED) is 0.816. The van der Waals surface area contributed by atoms with Gasteiger partial charge in [0.15, 0.2) is 0 Å². The maximum Gasteiger partial charge on any atom is 0.117 e. The van der Waals surface area contributed by atoms with Crippen LogP contribution in [0, 0.1) is 5.92 Å². The lowest BCUT2D eigenvalue weighted by molar-refractivity contribution is 0.215. The third-order valence-electron chi connectivity index (χ3n) is 3.15. The highest BCUT2D eigenvalue weighted by Crippen LogP contribution is 2.14. The second-order valence-corrected chi connectivity index (χ2v) is 4.46. The summed E-state index contributed by atoms with van der Waals surface area (Å²) in [5.41, 5.74) is 0. The van der Waals surface area contributed by atoms with Gasteiger partial charge in [0.1, 0.15) is 5.76 Å². The molecule has 0 spiro atoms. The summed E-state index contributed by atoms with van der Waals surface area (Å²) in [7, 11) is 2.20. The average molecular weight is 208 g/mol. The van der Waals surface area contributed by atoms with Crippen LogP contribution >= 0.6 is 0 Å². The molecule has 0 bridgehead atoms. The molecule has 0 radical (unpaired) electrons. The van der Waals surface area contributed by atoms with Gasteiger partial charge in [0.05, 0.1) is 12.8 Å². The molecule has 1 aromatic heterocycles. The zero-order valence-corrected chi connectivity index (χ0v) is 9.41. The first-order valence-electron chi connectivity index (χ1n) is 5.76. The summed E-state index contributed by atoms with van der Waals surface area (Å²) in [6, 6.07) is 3.95. The van der Waals surface area contributed by atoms with Crippen molar-refractivity contribution in [2.75, 3.05) is 26.7 Å². The number of nitrogens with zero attached hydrogens (tertiary/aromatic N) is 1. The van der Waals surface area contributed by atoms with Crippen molar-refractivity contribution in [1.29, 1.82) is 0 Å². The van der Waals surface area contributed by atoms with E-state index >= 15 is 0 Å². The first kappa shape index (κ1) is 10.7. The average Bonchev–Trinajstić information content (AvgIpc) is 2.74. The predicted molar refractivity (Wildman–Crippen MR) is 60.6 cm³/mol. The number of nitrogens with one attached hydrogen (secondary N) is 1. The van der Waals surface area contributed by atoms with Gasteiger partial charge in [0.25, 0.3) is 0 Å². The van der Waals surface area contributed by atoms with E-state index in [4.69, 9.17) is 4.42 Å². The van der Waals surface area contributed by atoms with Crippen molar-refractivity contribution < 1.29 is 4.42 Å². The third kappa shape index (κ3) is 3.36. The van der Waals surface area contributed by atoms with E-state index in [9.17, 15) is 0 Å². The van der Waals surface area contributed by atoms with Crippen LogP contribution in [0.15, 0.2) is 22.8 Å². The summed E-state index contributed by atoms with van der Waals surface area (Å²) in [5.74, 6) is 1.87. The molecular formula is C12H20N2O. The minimum Gasteiger partial charge on any atom is -0.468 e. The van der Waals surface area contributed by atoms with Gasteiger partial charge in [0.2, 0.25) is 0 Å².